The molecule has 4 aromatic rings. The van der Waals surface area contributed by atoms with Gasteiger partial charge in [0.05, 0.1) is 42.5 Å². The van der Waals surface area contributed by atoms with Crippen molar-refractivity contribution in [1.82, 2.24) is 29.1 Å². The third kappa shape index (κ3) is 6.77. The molecule has 49 heavy (non-hydrogen) atoms. The van der Waals surface area contributed by atoms with Crippen LogP contribution in [0.4, 0.5) is 4.39 Å². The second kappa shape index (κ2) is 15.3. The van der Waals surface area contributed by atoms with Crippen LogP contribution >= 0.6 is 23.2 Å². The van der Waals surface area contributed by atoms with E-state index >= 15 is 0 Å². The van der Waals surface area contributed by atoms with Crippen molar-refractivity contribution in [2.45, 2.75) is 92.2 Å². The van der Waals surface area contributed by atoms with E-state index in [1.807, 2.05) is 26.1 Å². The van der Waals surface area contributed by atoms with Gasteiger partial charge in [0.1, 0.15) is 11.3 Å². The van der Waals surface area contributed by atoms with E-state index in [1.54, 1.807) is 10.8 Å². The van der Waals surface area contributed by atoms with Gasteiger partial charge in [-0.15, -0.1) is 0 Å². The standard InChI is InChI=1S/C17H19ClFN3O2.C17H20ClN3O2.2CH4/c1-2-24-16(23)13-9-3-5-10(6-4-9)14(13)22-8-12(19)11-7-20-17(18)21-15(11)22;1-2-23-16(22)13-10-3-5-11(6-4-10)14(13)21-8-7-12-9-19-17(18)20-15(12)21;;/h7-10,13-14H,2-6H2,1H3;7-11,13-14H,2-6H2,1H3;2*1H4/t9?,10?,13-,14-;10?,11?,13-,14-;;/m00../s1. The van der Waals surface area contributed by atoms with Crippen LogP contribution in [0.1, 0.15) is 92.2 Å². The Bertz CT molecular complexity index is 1780. The zero-order valence-electron chi connectivity index (χ0n) is 26.5. The number of carbonyl (C=O) groups is 2. The van der Waals surface area contributed by atoms with E-state index in [1.165, 1.54) is 25.2 Å². The highest BCUT2D eigenvalue weighted by atomic mass is 35.5. The number of nitrogens with zero attached hydrogens (tertiary/aromatic N) is 6. The van der Waals surface area contributed by atoms with Gasteiger partial charge in [-0.25, -0.2) is 14.4 Å². The Balaban J connectivity index is 0.000000184. The normalized spacial score (nSPS) is 28.3. The maximum atomic E-state index is 14.4. The highest BCUT2D eigenvalue weighted by Crippen LogP contribution is 2.53. The van der Waals surface area contributed by atoms with E-state index in [0.717, 1.165) is 49.6 Å². The summed E-state index contributed by atoms with van der Waals surface area (Å²) in [5, 5.41) is 1.61. The molecule has 0 saturated heterocycles. The number of fused-ring (bicyclic) bond motifs is 8. The quantitative estimate of drug-likeness (QED) is 0.144. The molecule has 6 aliphatic carbocycles. The summed E-state index contributed by atoms with van der Waals surface area (Å²) in [6.45, 7) is 4.46. The number of esters is 2. The van der Waals surface area contributed by atoms with Gasteiger partial charge in [-0.1, -0.05) is 14.9 Å². The van der Waals surface area contributed by atoms with Crippen molar-refractivity contribution >= 4 is 57.2 Å². The third-order valence-corrected chi connectivity index (χ3v) is 11.4. The first-order valence-corrected chi connectivity index (χ1v) is 17.6. The molecule has 4 heterocycles. The summed E-state index contributed by atoms with van der Waals surface area (Å²) in [5.74, 6) is 0.578. The van der Waals surface area contributed by atoms with Gasteiger partial charge in [-0.2, -0.15) is 9.97 Å². The lowest BCUT2D eigenvalue weighted by Gasteiger charge is -2.47. The largest absolute Gasteiger partial charge is 0.466 e. The summed E-state index contributed by atoms with van der Waals surface area (Å²) in [6.07, 6.45) is 15.3. The molecule has 0 radical (unpaired) electrons. The van der Waals surface area contributed by atoms with Gasteiger partial charge < -0.3 is 18.6 Å². The van der Waals surface area contributed by atoms with Crippen LogP contribution in [0, 0.1) is 41.3 Å². The highest BCUT2D eigenvalue weighted by Gasteiger charge is 2.50. The number of rotatable bonds is 6. The number of hydrogen-bond donors (Lipinski definition) is 0. The first-order chi connectivity index (χ1) is 22.8. The molecule has 4 aromatic heterocycles. The molecule has 0 spiro atoms. The van der Waals surface area contributed by atoms with Crippen LogP contribution in [0.5, 0.6) is 0 Å². The second-order valence-corrected chi connectivity index (χ2v) is 14.0. The summed E-state index contributed by atoms with van der Waals surface area (Å²) in [6, 6.07) is 1.98. The molecule has 266 valence electrons. The van der Waals surface area contributed by atoms with Crippen molar-refractivity contribution in [1.29, 1.82) is 0 Å². The number of halogens is 3. The van der Waals surface area contributed by atoms with E-state index < -0.39 is 0 Å². The molecule has 6 aliphatic rings. The van der Waals surface area contributed by atoms with Crippen molar-refractivity contribution in [2.75, 3.05) is 13.2 Å². The summed E-state index contributed by atoms with van der Waals surface area (Å²) >= 11 is 11.9. The fraction of sp³-hybridized carbons (Fsp3) is 0.611. The Labute approximate surface area is 297 Å². The van der Waals surface area contributed by atoms with E-state index in [0.29, 0.717) is 42.0 Å². The number of aromatic nitrogens is 6. The van der Waals surface area contributed by atoms with Crippen LogP contribution in [-0.2, 0) is 19.1 Å². The van der Waals surface area contributed by atoms with Gasteiger partial charge >= 0.3 is 11.9 Å². The molecule has 10 nitrogen and oxygen atoms in total. The smallest absolute Gasteiger partial charge is 0.311 e. The molecule has 0 aromatic carbocycles. The summed E-state index contributed by atoms with van der Waals surface area (Å²) in [7, 11) is 0. The molecule has 6 saturated carbocycles. The first-order valence-electron chi connectivity index (χ1n) is 16.8. The number of carbonyl (C=O) groups excluding carboxylic acids is 2. The summed E-state index contributed by atoms with van der Waals surface area (Å²) < 4.78 is 29.0. The maximum absolute atomic E-state index is 14.4. The Morgan fingerprint density at radius 2 is 1.22 bits per heavy atom. The average Bonchev–Trinajstić information content (AvgIpc) is 3.65. The van der Waals surface area contributed by atoms with Crippen molar-refractivity contribution in [3.8, 4) is 0 Å². The lowest BCUT2D eigenvalue weighted by Crippen LogP contribution is -2.45. The predicted octanol–water partition coefficient (Wildman–Crippen LogP) is 8.66. The molecule has 0 amide bonds. The highest BCUT2D eigenvalue weighted by molar-refractivity contribution is 6.28. The Kier molecular flexibility index (Phi) is 11.5. The van der Waals surface area contributed by atoms with Crippen LogP contribution in [-0.4, -0.2) is 54.2 Å². The van der Waals surface area contributed by atoms with Gasteiger partial charge in [-0.3, -0.25) is 9.59 Å². The third-order valence-electron chi connectivity index (χ3n) is 11.0. The zero-order chi connectivity index (χ0) is 32.8. The van der Waals surface area contributed by atoms with Gasteiger partial charge in [0.15, 0.2) is 5.82 Å². The zero-order valence-corrected chi connectivity index (χ0v) is 28.0. The fourth-order valence-electron chi connectivity index (χ4n) is 9.13. The SMILES string of the molecule is C.C.CCOC(=O)[C@H]1C2CCC(CC2)[C@@H]1n1cc(F)c2cnc(Cl)nc21.CCOC(=O)[C@H]1C2CCC(CC2)[C@@H]1n1ccc2cnc(Cl)nc21. The lowest BCUT2D eigenvalue weighted by molar-refractivity contribution is -0.158. The minimum atomic E-state index is -0.384. The van der Waals surface area contributed by atoms with Crippen molar-refractivity contribution in [2.24, 2.45) is 35.5 Å². The van der Waals surface area contributed by atoms with Crippen LogP contribution in [0.15, 0.2) is 30.9 Å². The predicted molar refractivity (Wildman–Crippen MR) is 188 cm³/mol. The molecule has 4 atom stereocenters. The first kappa shape index (κ1) is 37.0. The van der Waals surface area contributed by atoms with E-state index in [2.05, 4.69) is 24.5 Å². The van der Waals surface area contributed by atoms with Crippen LogP contribution in [0.3, 0.4) is 0 Å². The minimum absolute atomic E-state index is 0. The molecular weight excluding hydrogens is 670 g/mol. The van der Waals surface area contributed by atoms with Crippen LogP contribution in [0.25, 0.3) is 22.1 Å². The Hall–Kier alpha value is -3.31. The molecule has 0 aliphatic heterocycles. The number of hydrogen-bond acceptors (Lipinski definition) is 8. The van der Waals surface area contributed by atoms with E-state index in [9.17, 15) is 14.0 Å². The van der Waals surface area contributed by atoms with Crippen LogP contribution < -0.4 is 0 Å². The van der Waals surface area contributed by atoms with Crippen LogP contribution in [0.2, 0.25) is 10.6 Å². The number of ether oxygens (including phenoxy) is 2. The van der Waals surface area contributed by atoms with Crippen molar-refractivity contribution < 1.29 is 23.5 Å². The fourth-order valence-corrected chi connectivity index (χ4v) is 9.39. The van der Waals surface area contributed by atoms with Gasteiger partial charge in [0.25, 0.3) is 0 Å². The molecule has 0 N–H and O–H groups in total. The monoisotopic (exact) mass is 716 g/mol. The molecule has 0 unspecified atom stereocenters. The maximum Gasteiger partial charge on any atom is 0.311 e. The summed E-state index contributed by atoms with van der Waals surface area (Å²) in [5.41, 5.74) is 1.27. The Morgan fingerprint density at radius 1 is 0.755 bits per heavy atom. The van der Waals surface area contributed by atoms with Crippen molar-refractivity contribution in [3.05, 3.63) is 47.2 Å². The molecule has 6 fully saturated rings. The lowest BCUT2D eigenvalue weighted by atomic mass is 9.61. The topological polar surface area (TPSA) is 114 Å². The molecular formula is C36H47Cl2FN6O4. The summed E-state index contributed by atoms with van der Waals surface area (Å²) in [4.78, 5) is 41.7. The van der Waals surface area contributed by atoms with Crippen molar-refractivity contribution in [3.63, 3.8) is 0 Å². The molecule has 4 bridgehead atoms. The Morgan fingerprint density at radius 3 is 1.76 bits per heavy atom. The van der Waals surface area contributed by atoms with Gasteiger partial charge in [0.2, 0.25) is 10.6 Å². The molecule has 13 heteroatoms. The van der Waals surface area contributed by atoms with E-state index in [4.69, 9.17) is 32.7 Å². The average molecular weight is 718 g/mol. The van der Waals surface area contributed by atoms with Gasteiger partial charge in [0, 0.05) is 30.2 Å². The van der Waals surface area contributed by atoms with Gasteiger partial charge in [-0.05, 0) is 118 Å². The molecule has 10 rings (SSSR count). The minimum Gasteiger partial charge on any atom is -0.466 e. The second-order valence-electron chi connectivity index (χ2n) is 13.3. The van der Waals surface area contributed by atoms with E-state index in [-0.39, 0.29) is 73.0 Å².